The molecule has 0 amide bonds. The van der Waals surface area contributed by atoms with Crippen molar-refractivity contribution in [2.75, 3.05) is 0 Å². The summed E-state index contributed by atoms with van der Waals surface area (Å²) in [5, 5.41) is 49.9. The topological polar surface area (TPSA) is 138 Å². The Labute approximate surface area is 169 Å². The van der Waals surface area contributed by atoms with Crippen LogP contribution in [-0.2, 0) is 5.79 Å². The van der Waals surface area contributed by atoms with Crippen LogP contribution in [0.2, 0.25) is 0 Å². The lowest BCUT2D eigenvalue weighted by Crippen LogP contribution is -2.23. The van der Waals surface area contributed by atoms with E-state index in [0.29, 0.717) is 23.5 Å². The van der Waals surface area contributed by atoms with Gasteiger partial charge in [0.1, 0.15) is 11.5 Å². The van der Waals surface area contributed by atoms with E-state index in [-0.39, 0.29) is 0 Å². The second kappa shape index (κ2) is 14.5. The molecule has 0 saturated carbocycles. The number of aliphatic hydroxyl groups is 2. The lowest BCUT2D eigenvalue weighted by Gasteiger charge is -2.19. The molecule has 156 valence electrons. The molecule has 0 aromatic heterocycles. The maximum absolute atomic E-state index is 9.35. The van der Waals surface area contributed by atoms with Crippen molar-refractivity contribution in [3.8, 4) is 11.5 Å². The number of carboxylic acid groups (broad SMARTS) is 2. The molecule has 0 aliphatic heterocycles. The predicted octanol–water partition coefficient (Wildman–Crippen LogP) is 4.24. The first-order valence-electron chi connectivity index (χ1n) is 8.59. The summed E-state index contributed by atoms with van der Waals surface area (Å²) in [6.07, 6.45) is -1.53. The molecule has 3 aromatic rings. The molecule has 0 heterocycles. The van der Waals surface area contributed by atoms with Gasteiger partial charge in [0, 0.05) is 12.0 Å². The fraction of sp³-hybridized carbons (Fsp3) is 0.136. The van der Waals surface area contributed by atoms with Crippen LogP contribution < -0.4 is 0 Å². The summed E-state index contributed by atoms with van der Waals surface area (Å²) >= 11 is 0. The second-order valence-corrected chi connectivity index (χ2v) is 5.49. The number of aromatic hydroxyl groups is 2. The number of phenols is 2. The third-order valence-electron chi connectivity index (χ3n) is 3.24. The Morgan fingerprint density at radius 2 is 0.966 bits per heavy atom. The highest BCUT2D eigenvalue weighted by molar-refractivity contribution is 5.53. The summed E-state index contributed by atoms with van der Waals surface area (Å²) < 4.78 is 0. The van der Waals surface area contributed by atoms with Crippen LogP contribution in [0.3, 0.4) is 0 Å². The van der Waals surface area contributed by atoms with Gasteiger partial charge >= 0.3 is 6.16 Å². The molecular formula is C22H26O7. The molecule has 0 aliphatic carbocycles. The van der Waals surface area contributed by atoms with Gasteiger partial charge in [-0.15, -0.1) is 0 Å². The van der Waals surface area contributed by atoms with Crippen molar-refractivity contribution in [2.45, 2.75) is 19.1 Å². The van der Waals surface area contributed by atoms with Gasteiger partial charge in [0.25, 0.3) is 0 Å². The summed E-state index contributed by atoms with van der Waals surface area (Å²) in [6, 6.07) is 26.2. The van der Waals surface area contributed by atoms with Crippen LogP contribution in [0.15, 0.2) is 91.0 Å². The predicted molar refractivity (Wildman–Crippen MR) is 110 cm³/mol. The van der Waals surface area contributed by atoms with Gasteiger partial charge in [-0.3, -0.25) is 0 Å². The number of hydrogen-bond acceptors (Lipinski definition) is 5. The van der Waals surface area contributed by atoms with Crippen LogP contribution in [0.1, 0.15) is 18.9 Å². The van der Waals surface area contributed by atoms with Crippen molar-refractivity contribution in [3.63, 3.8) is 0 Å². The fourth-order valence-electron chi connectivity index (χ4n) is 1.77. The monoisotopic (exact) mass is 402 g/mol. The van der Waals surface area contributed by atoms with E-state index in [1.54, 1.807) is 79.7 Å². The lowest BCUT2D eigenvalue weighted by molar-refractivity contribution is -0.171. The van der Waals surface area contributed by atoms with Crippen LogP contribution in [-0.4, -0.2) is 36.8 Å². The molecule has 0 atom stereocenters. The van der Waals surface area contributed by atoms with Crippen molar-refractivity contribution in [3.05, 3.63) is 96.6 Å². The van der Waals surface area contributed by atoms with Crippen molar-refractivity contribution in [1.82, 2.24) is 0 Å². The van der Waals surface area contributed by atoms with Gasteiger partial charge in [-0.1, -0.05) is 73.7 Å². The minimum Gasteiger partial charge on any atom is -0.508 e. The fourth-order valence-corrected chi connectivity index (χ4v) is 1.77. The Hall–Kier alpha value is -3.55. The van der Waals surface area contributed by atoms with E-state index in [2.05, 4.69) is 0 Å². The van der Waals surface area contributed by atoms with Crippen LogP contribution in [0.4, 0.5) is 4.79 Å². The Bertz CT molecular complexity index is 735. The van der Waals surface area contributed by atoms with Crippen molar-refractivity contribution in [1.29, 1.82) is 0 Å². The average molecular weight is 402 g/mol. The molecule has 7 heteroatoms. The highest BCUT2D eigenvalue weighted by atomic mass is 16.6. The summed E-state index contributed by atoms with van der Waals surface area (Å²) in [7, 11) is 0. The smallest absolute Gasteiger partial charge is 0.503 e. The van der Waals surface area contributed by atoms with Gasteiger partial charge in [0.15, 0.2) is 5.79 Å². The van der Waals surface area contributed by atoms with E-state index in [1.165, 1.54) is 0 Å². The summed E-state index contributed by atoms with van der Waals surface area (Å²) in [4.78, 5) is 8.56. The van der Waals surface area contributed by atoms with E-state index in [4.69, 9.17) is 25.2 Å². The zero-order valence-corrected chi connectivity index (χ0v) is 16.0. The van der Waals surface area contributed by atoms with Crippen LogP contribution in [0.25, 0.3) is 0 Å². The summed E-state index contributed by atoms with van der Waals surface area (Å²) in [5.41, 5.74) is 0.544. The van der Waals surface area contributed by atoms with E-state index in [1.807, 2.05) is 18.2 Å². The largest absolute Gasteiger partial charge is 0.508 e. The quantitative estimate of drug-likeness (QED) is 0.352. The third-order valence-corrected chi connectivity index (χ3v) is 3.24. The molecule has 0 fully saturated rings. The van der Waals surface area contributed by atoms with Crippen LogP contribution >= 0.6 is 0 Å². The number of phenolic OH excluding ortho intramolecular Hbond substituents is 2. The van der Waals surface area contributed by atoms with Crippen molar-refractivity contribution < 1.29 is 35.4 Å². The molecule has 29 heavy (non-hydrogen) atoms. The molecule has 0 aliphatic rings. The number of para-hydroxylation sites is 2. The third kappa shape index (κ3) is 14.2. The molecule has 0 spiro atoms. The molecule has 7 nitrogen and oxygen atoms in total. The highest BCUT2D eigenvalue weighted by Gasteiger charge is 2.21. The van der Waals surface area contributed by atoms with E-state index in [9.17, 15) is 10.2 Å². The van der Waals surface area contributed by atoms with Crippen molar-refractivity contribution >= 4 is 6.16 Å². The van der Waals surface area contributed by atoms with Gasteiger partial charge in [0.05, 0.1) is 0 Å². The lowest BCUT2D eigenvalue weighted by atomic mass is 10.0. The van der Waals surface area contributed by atoms with E-state index in [0.717, 1.165) is 0 Å². The first kappa shape index (κ1) is 25.5. The Balaban J connectivity index is 0.000000383. The zero-order valence-electron chi connectivity index (χ0n) is 16.0. The maximum Gasteiger partial charge on any atom is 0.503 e. The molecule has 6 N–H and O–H groups in total. The first-order chi connectivity index (χ1) is 13.7. The Kier molecular flexibility index (Phi) is 12.7. The number of rotatable bonds is 2. The van der Waals surface area contributed by atoms with Crippen molar-refractivity contribution in [2.24, 2.45) is 0 Å². The SMILES string of the molecule is CCC(O)(O)c1ccccc1.O=C(O)O.Oc1ccccc1.Oc1ccccc1. The molecular weight excluding hydrogens is 376 g/mol. The van der Waals surface area contributed by atoms with E-state index >= 15 is 0 Å². The average Bonchev–Trinajstić information content (AvgIpc) is 2.70. The minimum absolute atomic E-state index is 0.303. The molecule has 3 aromatic carbocycles. The number of hydrogen-bond donors (Lipinski definition) is 6. The van der Waals surface area contributed by atoms with Crippen LogP contribution in [0.5, 0.6) is 11.5 Å². The minimum atomic E-state index is -1.83. The first-order valence-corrected chi connectivity index (χ1v) is 8.59. The molecule has 0 bridgehead atoms. The van der Waals surface area contributed by atoms with Gasteiger partial charge in [-0.2, -0.15) is 0 Å². The highest BCUT2D eigenvalue weighted by Crippen LogP contribution is 2.20. The second-order valence-electron chi connectivity index (χ2n) is 5.49. The molecule has 0 saturated heterocycles. The summed E-state index contributed by atoms with van der Waals surface area (Å²) in [6.45, 7) is 1.73. The zero-order chi connectivity index (χ0) is 22.1. The van der Waals surface area contributed by atoms with Gasteiger partial charge in [0.2, 0.25) is 0 Å². The Morgan fingerprint density at radius 3 is 1.17 bits per heavy atom. The maximum atomic E-state index is 9.35. The molecule has 3 rings (SSSR count). The van der Waals surface area contributed by atoms with Gasteiger partial charge in [-0.25, -0.2) is 4.79 Å². The standard InChI is InChI=1S/C9H12O2.2C6H6O.CH2O3/c1-2-9(10,11)8-6-4-3-5-7-8;2*7-6-4-2-1-3-5-6;2-1(3)4/h3-7,10-11H,2H2,1H3;2*1-5,7H;(H2,2,3,4). The number of carbonyl (C=O) groups is 1. The van der Waals surface area contributed by atoms with Gasteiger partial charge < -0.3 is 30.6 Å². The normalized spacial score (nSPS) is 9.34. The summed E-state index contributed by atoms with van der Waals surface area (Å²) in [5.74, 6) is -1.02. The molecule has 0 unspecified atom stereocenters. The van der Waals surface area contributed by atoms with Crippen LogP contribution in [0, 0.1) is 0 Å². The van der Waals surface area contributed by atoms with E-state index < -0.39 is 11.9 Å². The van der Waals surface area contributed by atoms with Gasteiger partial charge in [-0.05, 0) is 24.3 Å². The number of benzene rings is 3. The Morgan fingerprint density at radius 1 is 0.690 bits per heavy atom. The molecule has 0 radical (unpaired) electrons.